The third-order valence-electron chi connectivity index (χ3n) is 3.51. The van der Waals surface area contributed by atoms with Gasteiger partial charge in [-0.15, -0.1) is 5.10 Å². The third kappa shape index (κ3) is 5.30. The van der Waals surface area contributed by atoms with Crippen molar-refractivity contribution in [1.29, 1.82) is 0 Å². The molecule has 3 rings (SSSR count). The molecule has 23 heavy (non-hydrogen) atoms. The maximum absolute atomic E-state index is 13.2. The second kappa shape index (κ2) is 9.22. The zero-order chi connectivity index (χ0) is 16.5. The van der Waals surface area contributed by atoms with Gasteiger partial charge in [-0.1, -0.05) is 25.1 Å². The lowest BCUT2D eigenvalue weighted by atomic mass is 10.3. The Morgan fingerprint density at radius 3 is 2.78 bits per heavy atom. The Bertz CT molecular complexity index is 579. The summed E-state index contributed by atoms with van der Waals surface area (Å²) in [5.74, 6) is 0.422. The standard InChI is InChI=1S/C14H19FN6.C2H6/c15-12-2-1-3-13(10-12)21-11-14(18-19-21)17-6-9-20-7-4-16-5-8-20;1-2/h1-3,10-11,16-17H,4-9H2;1-2H3. The van der Waals surface area contributed by atoms with Crippen LogP contribution in [0, 0.1) is 5.82 Å². The number of nitrogens with one attached hydrogen (secondary N) is 2. The van der Waals surface area contributed by atoms with Gasteiger partial charge < -0.3 is 10.6 Å². The predicted molar refractivity (Wildman–Crippen MR) is 90.5 cm³/mol. The minimum absolute atomic E-state index is 0.281. The summed E-state index contributed by atoms with van der Waals surface area (Å²) in [6, 6.07) is 6.29. The maximum atomic E-state index is 13.2. The lowest BCUT2D eigenvalue weighted by Gasteiger charge is -2.26. The molecule has 0 radical (unpaired) electrons. The first-order valence-electron chi connectivity index (χ1n) is 8.16. The van der Waals surface area contributed by atoms with Crippen LogP contribution in [0.15, 0.2) is 30.5 Å². The number of halogens is 1. The molecule has 1 aliphatic rings. The fraction of sp³-hybridized carbons (Fsp3) is 0.500. The Balaban J connectivity index is 0.000000924. The van der Waals surface area contributed by atoms with Gasteiger partial charge in [-0.05, 0) is 18.2 Å². The molecule has 1 fully saturated rings. The molecule has 1 aliphatic heterocycles. The van der Waals surface area contributed by atoms with E-state index in [-0.39, 0.29) is 5.82 Å². The average molecular weight is 320 g/mol. The molecule has 2 aromatic rings. The van der Waals surface area contributed by atoms with Crippen molar-refractivity contribution in [2.24, 2.45) is 0 Å². The Hall–Kier alpha value is -1.99. The van der Waals surface area contributed by atoms with Gasteiger partial charge in [0.05, 0.1) is 11.9 Å². The van der Waals surface area contributed by atoms with Gasteiger partial charge in [0.1, 0.15) is 5.82 Å². The number of piperazine rings is 1. The van der Waals surface area contributed by atoms with Crippen molar-refractivity contribution >= 4 is 5.82 Å². The number of rotatable bonds is 5. The van der Waals surface area contributed by atoms with Crippen molar-refractivity contribution in [2.75, 3.05) is 44.6 Å². The second-order valence-corrected chi connectivity index (χ2v) is 5.05. The van der Waals surface area contributed by atoms with Crippen LogP contribution in [0.3, 0.4) is 0 Å². The molecule has 0 bridgehead atoms. The molecule has 1 aromatic carbocycles. The van der Waals surface area contributed by atoms with Gasteiger partial charge in [0, 0.05) is 39.3 Å². The van der Waals surface area contributed by atoms with E-state index >= 15 is 0 Å². The van der Waals surface area contributed by atoms with Gasteiger partial charge in [0.15, 0.2) is 5.82 Å². The average Bonchev–Trinajstić information content (AvgIpc) is 3.07. The molecule has 0 amide bonds. The molecule has 2 N–H and O–H groups in total. The van der Waals surface area contributed by atoms with Crippen LogP contribution in [-0.4, -0.2) is 59.2 Å². The molecule has 6 nitrogen and oxygen atoms in total. The molecule has 7 heteroatoms. The summed E-state index contributed by atoms with van der Waals surface area (Å²) in [5.41, 5.74) is 0.664. The van der Waals surface area contributed by atoms with Crippen LogP contribution in [0.1, 0.15) is 13.8 Å². The Morgan fingerprint density at radius 2 is 2.04 bits per heavy atom. The van der Waals surface area contributed by atoms with Gasteiger partial charge in [-0.2, -0.15) is 0 Å². The van der Waals surface area contributed by atoms with Crippen molar-refractivity contribution in [3.63, 3.8) is 0 Å². The number of hydrogen-bond acceptors (Lipinski definition) is 5. The first kappa shape index (κ1) is 17.4. The lowest BCUT2D eigenvalue weighted by molar-refractivity contribution is 0.249. The summed E-state index contributed by atoms with van der Waals surface area (Å²) in [7, 11) is 0. The van der Waals surface area contributed by atoms with Crippen molar-refractivity contribution in [2.45, 2.75) is 13.8 Å². The maximum Gasteiger partial charge on any atom is 0.169 e. The summed E-state index contributed by atoms with van der Waals surface area (Å²) in [6.45, 7) is 10.1. The van der Waals surface area contributed by atoms with E-state index in [9.17, 15) is 4.39 Å². The summed E-state index contributed by atoms with van der Waals surface area (Å²) in [5, 5.41) is 14.6. The summed E-state index contributed by atoms with van der Waals surface area (Å²) in [6.07, 6.45) is 1.77. The Kier molecular flexibility index (Phi) is 6.96. The molecule has 0 saturated carbocycles. The van der Waals surface area contributed by atoms with E-state index < -0.39 is 0 Å². The van der Waals surface area contributed by atoms with E-state index in [1.807, 2.05) is 13.8 Å². The lowest BCUT2D eigenvalue weighted by Crippen LogP contribution is -2.45. The highest BCUT2D eigenvalue weighted by Gasteiger charge is 2.09. The molecule has 0 spiro atoms. The first-order chi connectivity index (χ1) is 11.3. The van der Waals surface area contributed by atoms with Crippen molar-refractivity contribution in [1.82, 2.24) is 25.2 Å². The minimum atomic E-state index is -0.281. The monoisotopic (exact) mass is 320 g/mol. The van der Waals surface area contributed by atoms with Crippen LogP contribution < -0.4 is 10.6 Å². The molecule has 0 aliphatic carbocycles. The third-order valence-corrected chi connectivity index (χ3v) is 3.51. The number of hydrogen-bond donors (Lipinski definition) is 2. The van der Waals surface area contributed by atoms with Crippen molar-refractivity contribution < 1.29 is 4.39 Å². The molecule has 1 aromatic heterocycles. The van der Waals surface area contributed by atoms with Crippen LogP contribution in [0.25, 0.3) is 5.69 Å². The zero-order valence-corrected chi connectivity index (χ0v) is 13.8. The van der Waals surface area contributed by atoms with Crippen LogP contribution in [0.2, 0.25) is 0 Å². The number of aromatic nitrogens is 3. The molecule has 126 valence electrons. The molecule has 0 unspecified atom stereocenters. The van der Waals surface area contributed by atoms with Gasteiger partial charge in [-0.25, -0.2) is 9.07 Å². The van der Waals surface area contributed by atoms with Gasteiger partial charge in [0.2, 0.25) is 0 Å². The van der Waals surface area contributed by atoms with Crippen LogP contribution in [-0.2, 0) is 0 Å². The molecule has 0 atom stereocenters. The SMILES string of the molecule is CC.Fc1cccc(-n2cc(NCCN3CCNCC3)nn2)c1. The number of nitrogens with zero attached hydrogens (tertiary/aromatic N) is 4. The van der Waals surface area contributed by atoms with Crippen LogP contribution >= 0.6 is 0 Å². The van der Waals surface area contributed by atoms with Gasteiger partial charge >= 0.3 is 0 Å². The highest BCUT2D eigenvalue weighted by molar-refractivity contribution is 5.36. The summed E-state index contributed by atoms with van der Waals surface area (Å²) in [4.78, 5) is 2.40. The van der Waals surface area contributed by atoms with Crippen LogP contribution in [0.4, 0.5) is 10.2 Å². The van der Waals surface area contributed by atoms with E-state index in [1.54, 1.807) is 23.0 Å². The van der Waals surface area contributed by atoms with E-state index in [4.69, 9.17) is 0 Å². The van der Waals surface area contributed by atoms with Crippen LogP contribution in [0.5, 0.6) is 0 Å². The summed E-state index contributed by atoms with van der Waals surface area (Å²) >= 11 is 0. The number of benzene rings is 1. The fourth-order valence-corrected chi connectivity index (χ4v) is 2.37. The van der Waals surface area contributed by atoms with E-state index in [2.05, 4.69) is 25.8 Å². The number of anilines is 1. The highest BCUT2D eigenvalue weighted by atomic mass is 19.1. The van der Waals surface area contributed by atoms with E-state index in [0.717, 1.165) is 39.3 Å². The Labute approximate surface area is 136 Å². The highest BCUT2D eigenvalue weighted by Crippen LogP contribution is 2.10. The largest absolute Gasteiger partial charge is 0.366 e. The van der Waals surface area contributed by atoms with Crippen molar-refractivity contribution in [3.8, 4) is 5.69 Å². The molecular formula is C16H25FN6. The van der Waals surface area contributed by atoms with Gasteiger partial charge in [0.25, 0.3) is 0 Å². The van der Waals surface area contributed by atoms with Gasteiger partial charge in [-0.3, -0.25) is 4.90 Å². The predicted octanol–water partition coefficient (Wildman–Crippen LogP) is 1.75. The zero-order valence-electron chi connectivity index (χ0n) is 13.8. The van der Waals surface area contributed by atoms with E-state index in [1.165, 1.54) is 12.1 Å². The quantitative estimate of drug-likeness (QED) is 0.879. The summed E-state index contributed by atoms with van der Waals surface area (Å²) < 4.78 is 14.7. The Morgan fingerprint density at radius 1 is 1.26 bits per heavy atom. The smallest absolute Gasteiger partial charge is 0.169 e. The molecule has 1 saturated heterocycles. The fourth-order valence-electron chi connectivity index (χ4n) is 2.37. The van der Waals surface area contributed by atoms with E-state index in [0.29, 0.717) is 11.5 Å². The first-order valence-corrected chi connectivity index (χ1v) is 8.16. The minimum Gasteiger partial charge on any atom is -0.366 e. The topological polar surface area (TPSA) is 58.0 Å². The second-order valence-electron chi connectivity index (χ2n) is 5.05. The van der Waals surface area contributed by atoms with Crippen molar-refractivity contribution in [3.05, 3.63) is 36.3 Å². The normalized spacial score (nSPS) is 14.9. The molecule has 2 heterocycles. The molecular weight excluding hydrogens is 295 g/mol.